The minimum Gasteiger partial charge on any atom is -0.496 e. The number of piperidine rings is 1. The van der Waals surface area contributed by atoms with Crippen molar-refractivity contribution in [2.45, 2.75) is 45.1 Å². The van der Waals surface area contributed by atoms with Crippen LogP contribution in [0.2, 0.25) is 0 Å². The molecule has 1 amide bonds. The van der Waals surface area contributed by atoms with Gasteiger partial charge in [0.15, 0.2) is 0 Å². The summed E-state index contributed by atoms with van der Waals surface area (Å²) >= 11 is 0. The second kappa shape index (κ2) is 10.1. The molecule has 7 heteroatoms. The number of nitrogens with zero attached hydrogens (tertiary/aromatic N) is 5. The fraction of sp³-hybridized carbons (Fsp3) is 0.577. The van der Waals surface area contributed by atoms with E-state index in [-0.39, 0.29) is 5.92 Å². The van der Waals surface area contributed by atoms with Gasteiger partial charge in [0.25, 0.3) is 0 Å². The summed E-state index contributed by atoms with van der Waals surface area (Å²) in [5.74, 6) is 2.17. The van der Waals surface area contributed by atoms with Crippen molar-refractivity contribution in [3.63, 3.8) is 0 Å². The number of para-hydroxylation sites is 1. The molecule has 1 atom stereocenters. The molecule has 0 spiro atoms. The fourth-order valence-corrected chi connectivity index (χ4v) is 5.41. The van der Waals surface area contributed by atoms with Crippen LogP contribution in [0.4, 0.5) is 5.95 Å². The molecule has 1 aromatic carbocycles. The summed E-state index contributed by atoms with van der Waals surface area (Å²) in [6.45, 7) is 6.36. The molecule has 5 rings (SSSR count). The molecule has 2 fully saturated rings. The lowest BCUT2D eigenvalue weighted by molar-refractivity contribution is -0.137. The second-order valence-electron chi connectivity index (χ2n) is 9.54. The first kappa shape index (κ1) is 22.1. The highest BCUT2D eigenvalue weighted by Gasteiger charge is 2.31. The van der Waals surface area contributed by atoms with E-state index in [0.29, 0.717) is 5.91 Å². The molecule has 2 aromatic rings. The molecule has 7 nitrogen and oxygen atoms in total. The third kappa shape index (κ3) is 4.98. The van der Waals surface area contributed by atoms with E-state index in [1.54, 1.807) is 7.11 Å². The van der Waals surface area contributed by atoms with Crippen molar-refractivity contribution in [1.29, 1.82) is 0 Å². The first-order valence-corrected chi connectivity index (χ1v) is 12.4. The lowest BCUT2D eigenvalue weighted by atomic mass is 9.86. The third-order valence-corrected chi connectivity index (χ3v) is 7.40. The van der Waals surface area contributed by atoms with Crippen LogP contribution in [0.5, 0.6) is 5.75 Å². The van der Waals surface area contributed by atoms with Gasteiger partial charge in [0.1, 0.15) is 5.75 Å². The molecular weight excluding hydrogens is 414 g/mol. The van der Waals surface area contributed by atoms with Gasteiger partial charge in [0, 0.05) is 69.2 Å². The number of amides is 1. The maximum atomic E-state index is 13.3. The minimum absolute atomic E-state index is 0.0581. The van der Waals surface area contributed by atoms with Crippen molar-refractivity contribution in [2.24, 2.45) is 5.92 Å². The SMILES string of the molecule is COc1ccccc1CN1CCN(C(=O)C2CCc3nc(N4CCCCC4)ncc3C2)CC1. The van der Waals surface area contributed by atoms with Gasteiger partial charge >= 0.3 is 0 Å². The number of aryl methyl sites for hydroxylation is 1. The normalized spacial score (nSPS) is 21.5. The number of aromatic nitrogens is 2. The van der Waals surface area contributed by atoms with Gasteiger partial charge in [-0.2, -0.15) is 0 Å². The number of methoxy groups -OCH3 is 1. The number of hydrogen-bond donors (Lipinski definition) is 0. The van der Waals surface area contributed by atoms with Crippen molar-refractivity contribution in [2.75, 3.05) is 51.3 Å². The summed E-state index contributed by atoms with van der Waals surface area (Å²) in [5.41, 5.74) is 3.51. The Kier molecular flexibility index (Phi) is 6.76. The van der Waals surface area contributed by atoms with E-state index in [4.69, 9.17) is 9.72 Å². The van der Waals surface area contributed by atoms with E-state index in [2.05, 4.69) is 31.8 Å². The number of rotatable bonds is 5. The average molecular weight is 450 g/mol. The molecule has 1 unspecified atom stereocenters. The lowest BCUT2D eigenvalue weighted by Gasteiger charge is -2.37. The summed E-state index contributed by atoms with van der Waals surface area (Å²) < 4.78 is 5.49. The molecular formula is C26H35N5O2. The summed E-state index contributed by atoms with van der Waals surface area (Å²) in [5, 5.41) is 0. The number of anilines is 1. The lowest BCUT2D eigenvalue weighted by Crippen LogP contribution is -2.50. The highest BCUT2D eigenvalue weighted by Crippen LogP contribution is 2.28. The Morgan fingerprint density at radius 1 is 1.06 bits per heavy atom. The fourth-order valence-electron chi connectivity index (χ4n) is 5.41. The smallest absolute Gasteiger partial charge is 0.226 e. The van der Waals surface area contributed by atoms with Gasteiger partial charge in [-0.3, -0.25) is 9.69 Å². The van der Waals surface area contributed by atoms with Gasteiger partial charge < -0.3 is 14.5 Å². The molecule has 0 saturated carbocycles. The predicted molar refractivity (Wildman–Crippen MR) is 128 cm³/mol. The van der Waals surface area contributed by atoms with Gasteiger partial charge in [-0.05, 0) is 50.2 Å². The van der Waals surface area contributed by atoms with Crippen molar-refractivity contribution >= 4 is 11.9 Å². The van der Waals surface area contributed by atoms with E-state index in [9.17, 15) is 4.79 Å². The third-order valence-electron chi connectivity index (χ3n) is 7.40. The second-order valence-corrected chi connectivity index (χ2v) is 9.54. The summed E-state index contributed by atoms with van der Waals surface area (Å²) in [6, 6.07) is 8.18. The Morgan fingerprint density at radius 2 is 1.85 bits per heavy atom. The van der Waals surface area contributed by atoms with E-state index < -0.39 is 0 Å². The zero-order chi connectivity index (χ0) is 22.6. The number of piperazine rings is 1. The monoisotopic (exact) mass is 449 g/mol. The Labute approximate surface area is 196 Å². The van der Waals surface area contributed by atoms with Crippen molar-refractivity contribution in [3.8, 4) is 5.75 Å². The zero-order valence-corrected chi connectivity index (χ0v) is 19.7. The molecule has 3 aliphatic rings. The van der Waals surface area contributed by atoms with Gasteiger partial charge in [-0.25, -0.2) is 9.97 Å². The van der Waals surface area contributed by atoms with E-state index in [1.807, 2.05) is 18.3 Å². The Balaban J connectivity index is 1.15. The van der Waals surface area contributed by atoms with Crippen LogP contribution in [0.3, 0.4) is 0 Å². The van der Waals surface area contributed by atoms with Crippen LogP contribution in [0, 0.1) is 5.92 Å². The molecule has 3 heterocycles. The molecule has 2 aliphatic heterocycles. The van der Waals surface area contributed by atoms with Crippen LogP contribution in [-0.4, -0.2) is 72.1 Å². The Morgan fingerprint density at radius 3 is 2.64 bits per heavy atom. The largest absolute Gasteiger partial charge is 0.496 e. The molecule has 33 heavy (non-hydrogen) atoms. The molecule has 1 aliphatic carbocycles. The number of ether oxygens (including phenoxy) is 1. The van der Waals surface area contributed by atoms with Gasteiger partial charge in [-0.1, -0.05) is 18.2 Å². The van der Waals surface area contributed by atoms with Crippen LogP contribution >= 0.6 is 0 Å². The van der Waals surface area contributed by atoms with Crippen molar-refractivity contribution in [3.05, 3.63) is 47.3 Å². The van der Waals surface area contributed by atoms with E-state index in [0.717, 1.165) is 88.0 Å². The van der Waals surface area contributed by atoms with Crippen LogP contribution in [0.25, 0.3) is 0 Å². The number of hydrogen-bond acceptors (Lipinski definition) is 6. The molecule has 0 bridgehead atoms. The highest BCUT2D eigenvalue weighted by atomic mass is 16.5. The van der Waals surface area contributed by atoms with Crippen LogP contribution < -0.4 is 9.64 Å². The van der Waals surface area contributed by atoms with E-state index >= 15 is 0 Å². The number of benzene rings is 1. The van der Waals surface area contributed by atoms with Gasteiger partial charge in [0.05, 0.1) is 7.11 Å². The average Bonchev–Trinajstić information content (AvgIpc) is 2.89. The van der Waals surface area contributed by atoms with E-state index in [1.165, 1.54) is 24.8 Å². The van der Waals surface area contributed by atoms with Gasteiger partial charge in [0.2, 0.25) is 11.9 Å². The summed E-state index contributed by atoms with van der Waals surface area (Å²) in [4.78, 5) is 29.6. The standard InChI is InChI=1S/C26H35N5O2/c1-33-24-8-4-3-7-21(24)19-29-13-15-30(16-14-29)25(32)20-9-10-23-22(17-20)18-27-26(28-23)31-11-5-2-6-12-31/h3-4,7-8,18,20H,2,5-6,9-17,19H2,1H3. The van der Waals surface area contributed by atoms with Crippen LogP contribution in [-0.2, 0) is 24.2 Å². The molecule has 1 aromatic heterocycles. The molecule has 176 valence electrons. The minimum atomic E-state index is 0.0581. The Bertz CT molecular complexity index is 967. The first-order valence-electron chi connectivity index (χ1n) is 12.4. The van der Waals surface area contributed by atoms with Crippen molar-refractivity contribution in [1.82, 2.24) is 19.8 Å². The maximum Gasteiger partial charge on any atom is 0.226 e. The first-order chi connectivity index (χ1) is 16.2. The van der Waals surface area contributed by atoms with Gasteiger partial charge in [-0.15, -0.1) is 0 Å². The number of fused-ring (bicyclic) bond motifs is 1. The van der Waals surface area contributed by atoms with Crippen LogP contribution in [0.1, 0.15) is 42.5 Å². The Hall–Kier alpha value is -2.67. The maximum absolute atomic E-state index is 13.3. The molecule has 2 saturated heterocycles. The molecule has 0 radical (unpaired) electrons. The predicted octanol–water partition coefficient (Wildman–Crippen LogP) is 2.92. The number of carbonyl (C=O) groups excluding carboxylic acids is 1. The topological polar surface area (TPSA) is 61.8 Å². The quantitative estimate of drug-likeness (QED) is 0.700. The number of carbonyl (C=O) groups is 1. The zero-order valence-electron chi connectivity index (χ0n) is 19.7. The van der Waals surface area contributed by atoms with Crippen molar-refractivity contribution < 1.29 is 9.53 Å². The molecule has 0 N–H and O–H groups in total. The highest BCUT2D eigenvalue weighted by molar-refractivity contribution is 5.79. The van der Waals surface area contributed by atoms with Crippen LogP contribution in [0.15, 0.2) is 30.5 Å². The summed E-state index contributed by atoms with van der Waals surface area (Å²) in [7, 11) is 1.72. The summed E-state index contributed by atoms with van der Waals surface area (Å²) in [6.07, 6.45) is 8.28.